The van der Waals surface area contributed by atoms with E-state index in [1.54, 1.807) is 19.2 Å². The zero-order valence-electron chi connectivity index (χ0n) is 15.0. The monoisotopic (exact) mass is 371 g/mol. The van der Waals surface area contributed by atoms with E-state index in [4.69, 9.17) is 9.15 Å². The zero-order chi connectivity index (χ0) is 19.4. The second kappa shape index (κ2) is 8.01. The first kappa shape index (κ1) is 18.6. The Morgan fingerprint density at radius 2 is 1.93 bits per heavy atom. The molecule has 1 heterocycles. The molecule has 0 spiro atoms. The molecule has 3 rings (SSSR count). The average molecular weight is 371 g/mol. The molecule has 27 heavy (non-hydrogen) atoms. The summed E-state index contributed by atoms with van der Waals surface area (Å²) in [4.78, 5) is 24.9. The first-order chi connectivity index (χ1) is 12.9. The maximum absolute atomic E-state index is 12.9. The minimum atomic E-state index is -0.450. The van der Waals surface area contributed by atoms with Crippen LogP contribution in [-0.2, 0) is 11.3 Å². The summed E-state index contributed by atoms with van der Waals surface area (Å²) >= 11 is 0. The van der Waals surface area contributed by atoms with Gasteiger partial charge in [0.05, 0.1) is 14.2 Å². The number of rotatable bonds is 6. The number of anilines is 1. The van der Waals surface area contributed by atoms with Crippen molar-refractivity contribution in [3.05, 3.63) is 70.3 Å². The van der Waals surface area contributed by atoms with Crippen LogP contribution in [0.3, 0.4) is 0 Å². The number of methoxy groups -OCH3 is 1. The molecular weight excluding hydrogens is 351 g/mol. The van der Waals surface area contributed by atoms with Crippen LogP contribution in [0.4, 0.5) is 10.1 Å². The number of carbonyl (C=O) groups excluding carboxylic acids is 1. The van der Waals surface area contributed by atoms with Crippen LogP contribution in [0.5, 0.6) is 5.75 Å². The second-order valence-corrected chi connectivity index (χ2v) is 6.32. The molecule has 1 aromatic heterocycles. The van der Waals surface area contributed by atoms with Crippen LogP contribution in [-0.4, -0.2) is 26.6 Å². The van der Waals surface area contributed by atoms with E-state index < -0.39 is 5.63 Å². The molecule has 3 aromatic rings. The third kappa shape index (κ3) is 4.71. The molecular formula is C20H20FN2O4+. The summed E-state index contributed by atoms with van der Waals surface area (Å²) in [7, 11) is 3.40. The van der Waals surface area contributed by atoms with Gasteiger partial charge in [-0.1, -0.05) is 0 Å². The van der Waals surface area contributed by atoms with Crippen LogP contribution in [0.1, 0.15) is 5.56 Å². The predicted octanol–water partition coefficient (Wildman–Crippen LogP) is 1.59. The van der Waals surface area contributed by atoms with Gasteiger partial charge in [0.1, 0.15) is 23.7 Å². The van der Waals surface area contributed by atoms with Gasteiger partial charge in [-0.05, 0) is 36.4 Å². The first-order valence-corrected chi connectivity index (χ1v) is 8.42. The summed E-state index contributed by atoms with van der Waals surface area (Å²) in [6.07, 6.45) is 0. The summed E-state index contributed by atoms with van der Waals surface area (Å²) in [5.74, 6) is 0.0392. The summed E-state index contributed by atoms with van der Waals surface area (Å²) in [6.45, 7) is 0.653. The predicted molar refractivity (Wildman–Crippen MR) is 99.5 cm³/mol. The number of hydrogen-bond donors (Lipinski definition) is 2. The van der Waals surface area contributed by atoms with Crippen LogP contribution in [0, 0.1) is 5.82 Å². The van der Waals surface area contributed by atoms with Crippen LogP contribution in [0.2, 0.25) is 0 Å². The number of likely N-dealkylation sites (N-methyl/N-ethyl adjacent to an activating group) is 1. The van der Waals surface area contributed by atoms with Crippen LogP contribution in [0.25, 0.3) is 11.0 Å². The van der Waals surface area contributed by atoms with Crippen molar-refractivity contribution < 1.29 is 23.2 Å². The number of ether oxygens (including phenoxy) is 1. The van der Waals surface area contributed by atoms with Gasteiger partial charge in [0.2, 0.25) is 0 Å². The molecule has 7 heteroatoms. The summed E-state index contributed by atoms with van der Waals surface area (Å²) in [6, 6.07) is 12.3. The van der Waals surface area contributed by atoms with Crippen molar-refractivity contribution in [2.45, 2.75) is 6.54 Å². The van der Waals surface area contributed by atoms with Gasteiger partial charge in [-0.3, -0.25) is 4.79 Å². The van der Waals surface area contributed by atoms with Gasteiger partial charge >= 0.3 is 5.63 Å². The van der Waals surface area contributed by atoms with Crippen molar-refractivity contribution in [3.8, 4) is 5.75 Å². The number of halogens is 1. The highest BCUT2D eigenvalue weighted by Gasteiger charge is 2.14. The molecule has 0 saturated carbocycles. The molecule has 0 aliphatic rings. The fourth-order valence-electron chi connectivity index (χ4n) is 2.88. The fourth-order valence-corrected chi connectivity index (χ4v) is 2.88. The number of quaternary nitrogens is 1. The van der Waals surface area contributed by atoms with Crippen LogP contribution >= 0.6 is 0 Å². The number of fused-ring (bicyclic) bond motifs is 1. The highest BCUT2D eigenvalue weighted by atomic mass is 19.1. The van der Waals surface area contributed by atoms with Crippen LogP contribution < -0.4 is 20.6 Å². The van der Waals surface area contributed by atoms with Crippen molar-refractivity contribution in [2.24, 2.45) is 0 Å². The minimum absolute atomic E-state index is 0.190. The molecule has 2 aromatic carbocycles. The molecule has 0 aliphatic heterocycles. The van der Waals surface area contributed by atoms with Gasteiger partial charge in [-0.15, -0.1) is 0 Å². The van der Waals surface area contributed by atoms with Crippen molar-refractivity contribution in [2.75, 3.05) is 26.0 Å². The van der Waals surface area contributed by atoms with E-state index in [1.165, 1.54) is 30.3 Å². The molecule has 2 N–H and O–H groups in total. The van der Waals surface area contributed by atoms with E-state index in [1.807, 2.05) is 13.1 Å². The number of carbonyl (C=O) groups is 1. The topological polar surface area (TPSA) is 73.0 Å². The van der Waals surface area contributed by atoms with Crippen molar-refractivity contribution >= 4 is 22.6 Å². The molecule has 0 aliphatic carbocycles. The van der Waals surface area contributed by atoms with E-state index >= 15 is 0 Å². The Morgan fingerprint density at radius 3 is 2.63 bits per heavy atom. The number of amides is 1. The number of hydrogen-bond acceptors (Lipinski definition) is 4. The van der Waals surface area contributed by atoms with E-state index in [-0.39, 0.29) is 18.3 Å². The Bertz CT molecular complexity index is 1010. The third-order valence-electron chi connectivity index (χ3n) is 4.12. The fraction of sp³-hybridized carbons (Fsp3) is 0.200. The van der Waals surface area contributed by atoms with E-state index in [0.717, 1.165) is 15.8 Å². The first-order valence-electron chi connectivity index (χ1n) is 8.42. The molecule has 0 fully saturated rings. The summed E-state index contributed by atoms with van der Waals surface area (Å²) < 4.78 is 23.3. The standard InChI is InChI=1S/C20H19FN2O4/c1-23(12-19(24)22-15-5-3-14(21)4-6-15)11-13-9-20(25)27-18-10-16(26-2)7-8-17(13)18/h3-10H,11-12H2,1-2H3,(H,22,24)/p+1. The molecule has 1 atom stereocenters. The lowest BCUT2D eigenvalue weighted by Gasteiger charge is -2.15. The van der Waals surface area contributed by atoms with Gasteiger partial charge in [0.25, 0.3) is 5.91 Å². The van der Waals surface area contributed by atoms with E-state index in [0.29, 0.717) is 23.6 Å². The van der Waals surface area contributed by atoms with E-state index in [2.05, 4.69) is 5.32 Å². The molecule has 0 radical (unpaired) electrons. The Balaban J connectivity index is 1.71. The Kier molecular flexibility index (Phi) is 5.52. The molecule has 1 amide bonds. The molecule has 6 nitrogen and oxygen atoms in total. The quantitative estimate of drug-likeness (QED) is 0.646. The summed E-state index contributed by atoms with van der Waals surface area (Å²) in [5, 5.41) is 3.53. The molecule has 140 valence electrons. The van der Waals surface area contributed by atoms with Gasteiger partial charge < -0.3 is 19.4 Å². The molecule has 0 saturated heterocycles. The minimum Gasteiger partial charge on any atom is -0.497 e. The maximum Gasteiger partial charge on any atom is 0.336 e. The Morgan fingerprint density at radius 1 is 1.19 bits per heavy atom. The number of benzene rings is 2. The van der Waals surface area contributed by atoms with Gasteiger partial charge in [-0.2, -0.15) is 0 Å². The normalized spacial score (nSPS) is 12.0. The van der Waals surface area contributed by atoms with Gasteiger partial charge in [0.15, 0.2) is 6.54 Å². The van der Waals surface area contributed by atoms with Gasteiger partial charge in [0, 0.05) is 28.8 Å². The Hall–Kier alpha value is -3.19. The SMILES string of the molecule is COc1ccc2c(C[NH+](C)CC(=O)Nc3ccc(F)cc3)cc(=O)oc2c1. The lowest BCUT2D eigenvalue weighted by molar-refractivity contribution is -0.885. The van der Waals surface area contributed by atoms with Crippen molar-refractivity contribution in [3.63, 3.8) is 0 Å². The third-order valence-corrected chi connectivity index (χ3v) is 4.12. The second-order valence-electron chi connectivity index (χ2n) is 6.32. The molecule has 0 bridgehead atoms. The number of nitrogens with one attached hydrogen (secondary N) is 2. The highest BCUT2D eigenvalue weighted by molar-refractivity contribution is 5.91. The Labute approximate surface area is 155 Å². The average Bonchev–Trinajstić information content (AvgIpc) is 2.62. The largest absolute Gasteiger partial charge is 0.497 e. The van der Waals surface area contributed by atoms with Crippen LogP contribution in [0.15, 0.2) is 57.7 Å². The van der Waals surface area contributed by atoms with Crippen molar-refractivity contribution in [1.82, 2.24) is 0 Å². The molecule has 1 unspecified atom stereocenters. The van der Waals surface area contributed by atoms with Gasteiger partial charge in [-0.25, -0.2) is 9.18 Å². The lowest BCUT2D eigenvalue weighted by Crippen LogP contribution is -3.08. The maximum atomic E-state index is 12.9. The lowest BCUT2D eigenvalue weighted by atomic mass is 10.1. The van der Waals surface area contributed by atoms with Crippen molar-refractivity contribution in [1.29, 1.82) is 0 Å². The smallest absolute Gasteiger partial charge is 0.336 e. The summed E-state index contributed by atoms with van der Waals surface area (Å²) in [5.41, 5.74) is 1.32. The highest BCUT2D eigenvalue weighted by Crippen LogP contribution is 2.22. The van der Waals surface area contributed by atoms with E-state index in [9.17, 15) is 14.0 Å². The zero-order valence-corrected chi connectivity index (χ0v) is 15.0.